The number of aryl methyl sites for hydroxylation is 1. The molecule has 0 aliphatic heterocycles. The molecular weight excluding hydrogens is 214 g/mol. The number of benzene rings is 2. The van der Waals surface area contributed by atoms with Crippen molar-refractivity contribution in [1.82, 2.24) is 0 Å². The first-order valence-corrected chi connectivity index (χ1v) is 5.85. The van der Waals surface area contributed by atoms with Crippen molar-refractivity contribution < 1.29 is 0 Å². The molecule has 0 saturated carbocycles. The lowest BCUT2D eigenvalue weighted by molar-refractivity contribution is 1.29. The van der Waals surface area contributed by atoms with Crippen molar-refractivity contribution >= 4 is 11.8 Å². The zero-order valence-corrected chi connectivity index (χ0v) is 9.79. The molecule has 2 aromatic rings. The van der Waals surface area contributed by atoms with E-state index in [4.69, 9.17) is 5.26 Å². The summed E-state index contributed by atoms with van der Waals surface area (Å²) in [7, 11) is 0. The molecule has 0 fully saturated rings. The van der Waals surface area contributed by atoms with E-state index >= 15 is 0 Å². The maximum absolute atomic E-state index is 8.82. The largest absolute Gasteiger partial charge is 0.192 e. The molecule has 16 heavy (non-hydrogen) atoms. The molecule has 0 aromatic heterocycles. The average Bonchev–Trinajstić information content (AvgIpc) is 2.32. The summed E-state index contributed by atoms with van der Waals surface area (Å²) in [5.74, 6) is 0. The molecule has 0 N–H and O–H groups in total. The third-order valence-corrected chi connectivity index (χ3v) is 3.45. The molecule has 2 aromatic carbocycles. The van der Waals surface area contributed by atoms with Crippen LogP contribution in [-0.4, -0.2) is 0 Å². The number of nitriles is 1. The topological polar surface area (TPSA) is 23.8 Å². The molecule has 2 heteroatoms. The fraction of sp³-hybridized carbons (Fsp3) is 0.0714. The van der Waals surface area contributed by atoms with Gasteiger partial charge in [-0.05, 0) is 36.8 Å². The van der Waals surface area contributed by atoms with Crippen molar-refractivity contribution in [3.8, 4) is 6.07 Å². The zero-order chi connectivity index (χ0) is 11.4. The second kappa shape index (κ2) is 4.87. The van der Waals surface area contributed by atoms with Crippen LogP contribution in [-0.2, 0) is 0 Å². The summed E-state index contributed by atoms with van der Waals surface area (Å²) in [6, 6.07) is 18.1. The molecule has 0 amide bonds. The van der Waals surface area contributed by atoms with Crippen molar-refractivity contribution in [3.05, 3.63) is 59.7 Å². The first kappa shape index (κ1) is 10.8. The Morgan fingerprint density at radius 3 is 2.62 bits per heavy atom. The molecule has 0 aliphatic rings. The van der Waals surface area contributed by atoms with Gasteiger partial charge in [-0.2, -0.15) is 5.26 Å². The summed E-state index contributed by atoms with van der Waals surface area (Å²) in [4.78, 5) is 2.34. The van der Waals surface area contributed by atoms with Crippen LogP contribution in [0.3, 0.4) is 0 Å². The van der Waals surface area contributed by atoms with E-state index in [2.05, 4.69) is 25.1 Å². The Morgan fingerprint density at radius 2 is 1.88 bits per heavy atom. The third kappa shape index (κ3) is 2.44. The predicted molar refractivity (Wildman–Crippen MR) is 66.5 cm³/mol. The highest BCUT2D eigenvalue weighted by molar-refractivity contribution is 7.99. The minimum absolute atomic E-state index is 0.707. The summed E-state index contributed by atoms with van der Waals surface area (Å²) in [6.45, 7) is 2.09. The minimum atomic E-state index is 0.707. The lowest BCUT2D eigenvalue weighted by Crippen LogP contribution is -1.80. The van der Waals surface area contributed by atoms with Gasteiger partial charge in [-0.3, -0.25) is 0 Å². The molecule has 2 rings (SSSR count). The predicted octanol–water partition coefficient (Wildman–Crippen LogP) is 4.02. The standard InChI is InChI=1S/C14H11NS/c1-11-5-2-3-8-14(11)16-13-7-4-6-12(9-13)10-15/h2-9H,1H3. The zero-order valence-electron chi connectivity index (χ0n) is 8.97. The molecule has 0 bridgehead atoms. The fourth-order valence-corrected chi connectivity index (χ4v) is 2.39. The Balaban J connectivity index is 2.28. The van der Waals surface area contributed by atoms with Crippen molar-refractivity contribution in [2.24, 2.45) is 0 Å². The molecule has 0 aliphatic carbocycles. The SMILES string of the molecule is Cc1ccccc1Sc1cccc(C#N)c1. The van der Waals surface area contributed by atoms with Crippen LogP contribution in [0.15, 0.2) is 58.3 Å². The molecule has 1 nitrogen and oxygen atoms in total. The summed E-state index contributed by atoms with van der Waals surface area (Å²) in [5, 5.41) is 8.82. The van der Waals surface area contributed by atoms with E-state index in [1.165, 1.54) is 10.5 Å². The van der Waals surface area contributed by atoms with E-state index < -0.39 is 0 Å². The second-order valence-electron chi connectivity index (χ2n) is 3.51. The van der Waals surface area contributed by atoms with Crippen LogP contribution in [0, 0.1) is 18.3 Å². The molecule has 0 unspecified atom stereocenters. The molecule has 78 valence electrons. The Hall–Kier alpha value is -1.72. The van der Waals surface area contributed by atoms with Crippen LogP contribution in [0.5, 0.6) is 0 Å². The quantitative estimate of drug-likeness (QED) is 0.770. The Kier molecular flexibility index (Phi) is 3.28. The van der Waals surface area contributed by atoms with Gasteiger partial charge in [0.25, 0.3) is 0 Å². The number of hydrogen-bond acceptors (Lipinski definition) is 2. The highest BCUT2D eigenvalue weighted by atomic mass is 32.2. The van der Waals surface area contributed by atoms with Gasteiger partial charge < -0.3 is 0 Å². The average molecular weight is 225 g/mol. The van der Waals surface area contributed by atoms with Gasteiger partial charge in [0.15, 0.2) is 0 Å². The van der Waals surface area contributed by atoms with E-state index in [0.29, 0.717) is 5.56 Å². The van der Waals surface area contributed by atoms with E-state index in [1.54, 1.807) is 11.8 Å². The van der Waals surface area contributed by atoms with Crippen molar-refractivity contribution in [2.75, 3.05) is 0 Å². The van der Waals surface area contributed by atoms with Crippen LogP contribution < -0.4 is 0 Å². The molecular formula is C14H11NS. The summed E-state index contributed by atoms with van der Waals surface area (Å²) >= 11 is 1.69. The fourth-order valence-electron chi connectivity index (χ4n) is 1.43. The van der Waals surface area contributed by atoms with Crippen LogP contribution >= 0.6 is 11.8 Å². The van der Waals surface area contributed by atoms with Crippen LogP contribution in [0.4, 0.5) is 0 Å². The van der Waals surface area contributed by atoms with E-state index in [1.807, 2.05) is 36.4 Å². The van der Waals surface area contributed by atoms with Crippen molar-refractivity contribution in [1.29, 1.82) is 5.26 Å². The molecule has 0 spiro atoms. The third-order valence-electron chi connectivity index (χ3n) is 2.28. The summed E-state index contributed by atoms with van der Waals surface area (Å²) < 4.78 is 0. The molecule has 0 radical (unpaired) electrons. The number of rotatable bonds is 2. The van der Waals surface area contributed by atoms with E-state index in [-0.39, 0.29) is 0 Å². The first-order chi connectivity index (χ1) is 7.79. The summed E-state index contributed by atoms with van der Waals surface area (Å²) in [5.41, 5.74) is 1.97. The number of nitrogens with zero attached hydrogens (tertiary/aromatic N) is 1. The van der Waals surface area contributed by atoms with Gasteiger partial charge in [0, 0.05) is 9.79 Å². The molecule has 0 saturated heterocycles. The maximum atomic E-state index is 8.82. The number of hydrogen-bond donors (Lipinski definition) is 0. The second-order valence-corrected chi connectivity index (χ2v) is 4.62. The lowest BCUT2D eigenvalue weighted by Gasteiger charge is -2.04. The van der Waals surface area contributed by atoms with Crippen LogP contribution in [0.1, 0.15) is 11.1 Å². The van der Waals surface area contributed by atoms with Gasteiger partial charge in [0.1, 0.15) is 0 Å². The van der Waals surface area contributed by atoms with Crippen molar-refractivity contribution in [3.63, 3.8) is 0 Å². The monoisotopic (exact) mass is 225 g/mol. The van der Waals surface area contributed by atoms with Crippen molar-refractivity contribution in [2.45, 2.75) is 16.7 Å². The van der Waals surface area contributed by atoms with Crippen LogP contribution in [0.2, 0.25) is 0 Å². The highest BCUT2D eigenvalue weighted by Crippen LogP contribution is 2.30. The van der Waals surface area contributed by atoms with Gasteiger partial charge in [-0.25, -0.2) is 0 Å². The van der Waals surface area contributed by atoms with Gasteiger partial charge in [0.05, 0.1) is 11.6 Å². The van der Waals surface area contributed by atoms with Crippen LogP contribution in [0.25, 0.3) is 0 Å². The van der Waals surface area contributed by atoms with E-state index in [0.717, 1.165) is 4.90 Å². The summed E-state index contributed by atoms with van der Waals surface area (Å²) in [6.07, 6.45) is 0. The Bertz CT molecular complexity index is 540. The molecule has 0 heterocycles. The maximum Gasteiger partial charge on any atom is 0.0992 e. The Morgan fingerprint density at radius 1 is 1.06 bits per heavy atom. The van der Waals surface area contributed by atoms with Gasteiger partial charge >= 0.3 is 0 Å². The highest BCUT2D eigenvalue weighted by Gasteiger charge is 2.00. The normalized spacial score (nSPS) is 9.75. The molecule has 0 atom stereocenters. The minimum Gasteiger partial charge on any atom is -0.192 e. The lowest BCUT2D eigenvalue weighted by atomic mass is 10.2. The van der Waals surface area contributed by atoms with Gasteiger partial charge in [-0.1, -0.05) is 36.0 Å². The Labute approximate surface area is 99.7 Å². The van der Waals surface area contributed by atoms with E-state index in [9.17, 15) is 0 Å². The smallest absolute Gasteiger partial charge is 0.0992 e. The van der Waals surface area contributed by atoms with Gasteiger partial charge in [-0.15, -0.1) is 0 Å². The van der Waals surface area contributed by atoms with Gasteiger partial charge in [0.2, 0.25) is 0 Å². The first-order valence-electron chi connectivity index (χ1n) is 5.03.